The summed E-state index contributed by atoms with van der Waals surface area (Å²) in [5, 5.41) is 4.80. The van der Waals surface area contributed by atoms with Crippen molar-refractivity contribution in [1.29, 1.82) is 0 Å². The van der Waals surface area contributed by atoms with Crippen molar-refractivity contribution in [2.45, 2.75) is 32.7 Å². The highest BCUT2D eigenvalue weighted by molar-refractivity contribution is 7.17. The van der Waals surface area contributed by atoms with Crippen molar-refractivity contribution >= 4 is 39.1 Å². The highest BCUT2D eigenvalue weighted by Gasteiger charge is 2.21. The number of hydrogen-bond acceptors (Lipinski definition) is 5. The maximum absolute atomic E-state index is 13.0. The van der Waals surface area contributed by atoms with Crippen LogP contribution in [0.4, 0.5) is 11.6 Å². The lowest BCUT2D eigenvalue weighted by molar-refractivity contribution is -0.116. The normalized spacial score (nSPS) is 14.0. The van der Waals surface area contributed by atoms with Gasteiger partial charge in [0.2, 0.25) is 11.9 Å². The Hall–Kier alpha value is -2.67. The Balaban J connectivity index is 1.57. The van der Waals surface area contributed by atoms with E-state index >= 15 is 0 Å². The van der Waals surface area contributed by atoms with Crippen LogP contribution in [0.2, 0.25) is 0 Å². The predicted molar refractivity (Wildman–Crippen MR) is 110 cm³/mol. The Bertz CT molecular complexity index is 1030. The maximum atomic E-state index is 13.0. The summed E-state index contributed by atoms with van der Waals surface area (Å²) in [5.41, 5.74) is 2.55. The molecule has 1 fully saturated rings. The van der Waals surface area contributed by atoms with Crippen LogP contribution in [0.5, 0.6) is 0 Å². The summed E-state index contributed by atoms with van der Waals surface area (Å²) in [5.74, 6) is 0.581. The highest BCUT2D eigenvalue weighted by atomic mass is 32.1. The fraction of sp³-hybridized carbons (Fsp3) is 0.350. The number of anilines is 2. The third-order valence-electron chi connectivity index (χ3n) is 4.80. The van der Waals surface area contributed by atoms with E-state index in [0.29, 0.717) is 17.2 Å². The molecule has 1 aliphatic heterocycles. The zero-order chi connectivity index (χ0) is 18.8. The first-order valence-electron chi connectivity index (χ1n) is 9.21. The molecule has 6 nitrogen and oxygen atoms in total. The van der Waals surface area contributed by atoms with Crippen molar-refractivity contribution in [1.82, 2.24) is 9.55 Å². The second-order valence-electron chi connectivity index (χ2n) is 6.87. The SMILES string of the molecule is Cc1cccc(NC(=O)CCn2c(N3CCCC3)nc3ccsc3c2=O)c1. The minimum absolute atomic E-state index is 0.0553. The number of thiophene rings is 1. The first-order chi connectivity index (χ1) is 13.1. The molecule has 1 amide bonds. The molecule has 1 N–H and O–H groups in total. The summed E-state index contributed by atoms with van der Waals surface area (Å²) in [6, 6.07) is 9.58. The third-order valence-corrected chi connectivity index (χ3v) is 5.69. The number of amides is 1. The lowest BCUT2D eigenvalue weighted by Crippen LogP contribution is -2.32. The second kappa shape index (κ2) is 7.52. The van der Waals surface area contributed by atoms with Crippen LogP contribution in [-0.4, -0.2) is 28.5 Å². The first kappa shape index (κ1) is 17.7. The van der Waals surface area contributed by atoms with Gasteiger partial charge in [0.1, 0.15) is 4.70 Å². The number of carbonyl (C=O) groups is 1. The van der Waals surface area contributed by atoms with Crippen LogP contribution in [0.3, 0.4) is 0 Å². The van der Waals surface area contributed by atoms with Crippen LogP contribution in [0.1, 0.15) is 24.8 Å². The van der Waals surface area contributed by atoms with E-state index in [9.17, 15) is 9.59 Å². The summed E-state index contributed by atoms with van der Waals surface area (Å²) in [7, 11) is 0. The fourth-order valence-electron chi connectivity index (χ4n) is 3.45. The summed E-state index contributed by atoms with van der Waals surface area (Å²) in [4.78, 5) is 32.2. The molecule has 1 aliphatic rings. The molecule has 0 aliphatic carbocycles. The van der Waals surface area contributed by atoms with Crippen molar-refractivity contribution < 1.29 is 4.79 Å². The van der Waals surface area contributed by atoms with Crippen molar-refractivity contribution in [3.05, 3.63) is 51.6 Å². The van der Waals surface area contributed by atoms with Crippen LogP contribution in [-0.2, 0) is 11.3 Å². The monoisotopic (exact) mass is 382 g/mol. The minimum Gasteiger partial charge on any atom is -0.342 e. The standard InChI is InChI=1S/C20H22N4O2S/c1-14-5-4-6-15(13-14)21-17(25)7-11-24-19(26)18-16(8-12-27-18)22-20(24)23-9-2-3-10-23/h4-6,8,12-13H,2-3,7,9-11H2,1H3,(H,21,25). The summed E-state index contributed by atoms with van der Waals surface area (Å²) >= 11 is 1.40. The molecule has 0 saturated carbocycles. The number of aryl methyl sites for hydroxylation is 1. The van der Waals surface area contributed by atoms with Gasteiger partial charge < -0.3 is 10.2 Å². The molecular formula is C20H22N4O2S. The van der Waals surface area contributed by atoms with Crippen molar-refractivity contribution in [3.63, 3.8) is 0 Å². The van der Waals surface area contributed by atoms with Crippen LogP contribution in [0, 0.1) is 6.92 Å². The minimum atomic E-state index is -0.105. The molecular weight excluding hydrogens is 360 g/mol. The Morgan fingerprint density at radius 3 is 2.85 bits per heavy atom. The van der Waals surface area contributed by atoms with Gasteiger partial charge >= 0.3 is 0 Å². The van der Waals surface area contributed by atoms with Gasteiger partial charge in [0, 0.05) is 31.7 Å². The van der Waals surface area contributed by atoms with Gasteiger partial charge in [0.15, 0.2) is 0 Å². The van der Waals surface area contributed by atoms with Crippen molar-refractivity contribution in [3.8, 4) is 0 Å². The molecule has 0 spiro atoms. The number of benzene rings is 1. The topological polar surface area (TPSA) is 67.2 Å². The number of aromatic nitrogens is 2. The molecule has 0 atom stereocenters. The van der Waals surface area contributed by atoms with Gasteiger partial charge in [0.25, 0.3) is 5.56 Å². The first-order valence-corrected chi connectivity index (χ1v) is 10.1. The third kappa shape index (κ3) is 3.73. The number of fused-ring (bicyclic) bond motifs is 1. The van der Waals surface area contributed by atoms with Gasteiger partial charge in [-0.2, -0.15) is 0 Å². The van der Waals surface area contributed by atoms with E-state index in [4.69, 9.17) is 4.98 Å². The molecule has 7 heteroatoms. The molecule has 140 valence electrons. The number of hydrogen-bond donors (Lipinski definition) is 1. The summed E-state index contributed by atoms with van der Waals surface area (Å²) < 4.78 is 2.32. The van der Waals surface area contributed by atoms with Crippen molar-refractivity contribution in [2.75, 3.05) is 23.3 Å². The van der Waals surface area contributed by atoms with Gasteiger partial charge in [-0.25, -0.2) is 4.98 Å². The molecule has 2 aromatic heterocycles. The molecule has 3 aromatic rings. The Labute approximate surface area is 161 Å². The largest absolute Gasteiger partial charge is 0.342 e. The van der Waals surface area contributed by atoms with Crippen LogP contribution in [0.25, 0.3) is 10.2 Å². The lowest BCUT2D eigenvalue weighted by Gasteiger charge is -2.21. The van der Waals surface area contributed by atoms with Gasteiger partial charge in [-0.3, -0.25) is 14.2 Å². The number of rotatable bonds is 5. The highest BCUT2D eigenvalue weighted by Crippen LogP contribution is 2.22. The molecule has 0 radical (unpaired) electrons. The number of nitrogens with one attached hydrogen (secondary N) is 1. The van der Waals surface area contributed by atoms with E-state index in [-0.39, 0.29) is 17.9 Å². The van der Waals surface area contributed by atoms with Gasteiger partial charge in [0.05, 0.1) is 5.52 Å². The predicted octanol–water partition coefficient (Wildman–Crippen LogP) is 3.40. The average molecular weight is 382 g/mol. The van der Waals surface area contributed by atoms with E-state index in [1.807, 2.05) is 42.6 Å². The van der Waals surface area contributed by atoms with E-state index in [0.717, 1.165) is 42.7 Å². The summed E-state index contributed by atoms with van der Waals surface area (Å²) in [6.45, 7) is 4.11. The van der Waals surface area contributed by atoms with Crippen LogP contribution in [0.15, 0.2) is 40.5 Å². The Morgan fingerprint density at radius 2 is 2.07 bits per heavy atom. The molecule has 3 heterocycles. The molecule has 1 aromatic carbocycles. The quantitative estimate of drug-likeness (QED) is 0.734. The fourth-order valence-corrected chi connectivity index (χ4v) is 4.23. The van der Waals surface area contributed by atoms with E-state index in [1.54, 1.807) is 4.57 Å². The molecule has 4 rings (SSSR count). The Morgan fingerprint density at radius 1 is 1.26 bits per heavy atom. The smallest absolute Gasteiger partial charge is 0.272 e. The summed E-state index contributed by atoms with van der Waals surface area (Å²) in [6.07, 6.45) is 2.43. The van der Waals surface area contributed by atoms with E-state index < -0.39 is 0 Å². The lowest BCUT2D eigenvalue weighted by atomic mass is 10.2. The van der Waals surface area contributed by atoms with Crippen LogP contribution < -0.4 is 15.8 Å². The maximum Gasteiger partial charge on any atom is 0.272 e. The van der Waals surface area contributed by atoms with Gasteiger partial charge in [-0.15, -0.1) is 11.3 Å². The molecule has 1 saturated heterocycles. The second-order valence-corrected chi connectivity index (χ2v) is 7.78. The van der Waals surface area contributed by atoms with Crippen molar-refractivity contribution in [2.24, 2.45) is 0 Å². The van der Waals surface area contributed by atoms with Gasteiger partial charge in [-0.1, -0.05) is 12.1 Å². The zero-order valence-electron chi connectivity index (χ0n) is 15.3. The molecule has 0 bridgehead atoms. The van der Waals surface area contributed by atoms with Gasteiger partial charge in [-0.05, 0) is 48.9 Å². The average Bonchev–Trinajstić information content (AvgIpc) is 3.32. The van der Waals surface area contributed by atoms with E-state index in [1.165, 1.54) is 11.3 Å². The van der Waals surface area contributed by atoms with E-state index in [2.05, 4.69) is 10.2 Å². The zero-order valence-corrected chi connectivity index (χ0v) is 16.1. The van der Waals surface area contributed by atoms with Crippen LogP contribution >= 0.6 is 11.3 Å². The molecule has 0 unspecified atom stereocenters. The molecule has 27 heavy (non-hydrogen) atoms. The Kier molecular flexibility index (Phi) is 4.94. The number of nitrogens with zero attached hydrogens (tertiary/aromatic N) is 3. The number of carbonyl (C=O) groups excluding carboxylic acids is 1.